The summed E-state index contributed by atoms with van der Waals surface area (Å²) in [4.78, 5) is 20.0. The average molecular weight is 215 g/mol. The van der Waals surface area contributed by atoms with Crippen LogP contribution in [0.3, 0.4) is 0 Å². The largest absolute Gasteiger partial charge is 0.478 e. The van der Waals surface area contributed by atoms with Gasteiger partial charge in [-0.05, 0) is 6.07 Å². The molecule has 0 fully saturated rings. The average Bonchev–Trinajstić information content (AvgIpc) is 2.16. The van der Waals surface area contributed by atoms with Crippen LogP contribution in [0.2, 0.25) is 0 Å². The van der Waals surface area contributed by atoms with Crippen LogP contribution in [0.4, 0.5) is 15.8 Å². The number of nitrogen functional groups attached to an aromatic ring is 1. The van der Waals surface area contributed by atoms with Crippen LogP contribution in [0.25, 0.3) is 0 Å². The highest BCUT2D eigenvalue weighted by atomic mass is 19.1. The Morgan fingerprint density at radius 1 is 1.60 bits per heavy atom. The number of rotatable bonds is 3. The van der Waals surface area contributed by atoms with Crippen LogP contribution >= 0.6 is 0 Å². The van der Waals surface area contributed by atoms with E-state index in [1.807, 2.05) is 5.43 Å². The van der Waals surface area contributed by atoms with Crippen molar-refractivity contribution < 1.29 is 19.2 Å². The number of hydrazine groups is 1. The van der Waals surface area contributed by atoms with Gasteiger partial charge in [-0.3, -0.25) is 16.0 Å². The number of nitrogens with zero attached hydrogens (tertiary/aromatic N) is 1. The van der Waals surface area contributed by atoms with Gasteiger partial charge in [0.05, 0.1) is 16.6 Å². The summed E-state index contributed by atoms with van der Waals surface area (Å²) in [6.07, 6.45) is 0. The summed E-state index contributed by atoms with van der Waals surface area (Å²) in [5, 5.41) is 18.9. The van der Waals surface area contributed by atoms with Crippen LogP contribution < -0.4 is 11.3 Å². The summed E-state index contributed by atoms with van der Waals surface area (Å²) in [5.41, 5.74) is 0.351. The highest BCUT2D eigenvalue weighted by molar-refractivity contribution is 5.90. The van der Waals surface area contributed by atoms with Crippen molar-refractivity contribution >= 4 is 17.3 Å². The first-order valence-electron chi connectivity index (χ1n) is 3.65. The summed E-state index contributed by atoms with van der Waals surface area (Å²) in [6, 6.07) is 1.26. The minimum Gasteiger partial charge on any atom is -0.478 e. The molecule has 4 N–H and O–H groups in total. The Morgan fingerprint density at radius 2 is 2.20 bits per heavy atom. The van der Waals surface area contributed by atoms with Crippen molar-refractivity contribution in [2.45, 2.75) is 0 Å². The van der Waals surface area contributed by atoms with Gasteiger partial charge in [0.2, 0.25) is 0 Å². The SMILES string of the molecule is NNc1cc(C(=O)O)c(F)cc1[N+](=O)[O-]. The minimum atomic E-state index is -1.53. The quantitative estimate of drug-likeness (QED) is 0.388. The number of anilines is 1. The molecule has 0 bridgehead atoms. The normalized spacial score (nSPS) is 9.73. The monoisotopic (exact) mass is 215 g/mol. The molecule has 8 heteroatoms. The van der Waals surface area contributed by atoms with Crippen LogP contribution in [0.5, 0.6) is 0 Å². The lowest BCUT2D eigenvalue weighted by Gasteiger charge is -2.03. The van der Waals surface area contributed by atoms with Gasteiger partial charge in [0.15, 0.2) is 0 Å². The maximum absolute atomic E-state index is 13.0. The molecule has 0 unspecified atom stereocenters. The van der Waals surface area contributed by atoms with Crippen molar-refractivity contribution in [1.82, 2.24) is 0 Å². The molecule has 15 heavy (non-hydrogen) atoms. The van der Waals surface area contributed by atoms with E-state index in [1.165, 1.54) is 0 Å². The van der Waals surface area contributed by atoms with Crippen LogP contribution in [-0.4, -0.2) is 16.0 Å². The molecule has 0 heterocycles. The van der Waals surface area contributed by atoms with E-state index in [1.54, 1.807) is 0 Å². The summed E-state index contributed by atoms with van der Waals surface area (Å²) < 4.78 is 13.0. The Bertz CT molecular complexity index is 434. The Balaban J connectivity index is 3.42. The number of nitro groups is 1. The first-order valence-corrected chi connectivity index (χ1v) is 3.65. The molecule has 0 radical (unpaired) electrons. The van der Waals surface area contributed by atoms with Gasteiger partial charge in [-0.25, -0.2) is 9.18 Å². The van der Waals surface area contributed by atoms with E-state index in [0.29, 0.717) is 6.07 Å². The number of aromatic carboxylic acids is 1. The molecular formula is C7H6FN3O4. The Hall–Kier alpha value is -2.22. The lowest BCUT2D eigenvalue weighted by Crippen LogP contribution is -2.11. The van der Waals surface area contributed by atoms with Gasteiger partial charge in [0, 0.05) is 0 Å². The van der Waals surface area contributed by atoms with Crippen LogP contribution in [0.1, 0.15) is 10.4 Å². The van der Waals surface area contributed by atoms with Gasteiger partial charge in [-0.1, -0.05) is 0 Å². The number of hydrogen-bond acceptors (Lipinski definition) is 5. The van der Waals surface area contributed by atoms with Crippen LogP contribution in [0.15, 0.2) is 12.1 Å². The van der Waals surface area contributed by atoms with E-state index in [0.717, 1.165) is 6.07 Å². The highest BCUT2D eigenvalue weighted by Gasteiger charge is 2.20. The zero-order valence-electron chi connectivity index (χ0n) is 7.23. The van der Waals surface area contributed by atoms with Crippen molar-refractivity contribution in [2.75, 3.05) is 5.43 Å². The zero-order chi connectivity index (χ0) is 11.6. The van der Waals surface area contributed by atoms with E-state index in [-0.39, 0.29) is 5.69 Å². The summed E-state index contributed by atoms with van der Waals surface area (Å²) in [5.74, 6) is 2.22. The number of nitrogens with one attached hydrogen (secondary N) is 1. The summed E-state index contributed by atoms with van der Waals surface area (Å²) in [7, 11) is 0. The third-order valence-electron chi connectivity index (χ3n) is 1.67. The molecule has 0 aliphatic rings. The number of hydrogen-bond donors (Lipinski definition) is 3. The van der Waals surface area contributed by atoms with Gasteiger partial charge in [-0.15, -0.1) is 0 Å². The molecule has 1 rings (SSSR count). The molecule has 0 amide bonds. The molecular weight excluding hydrogens is 209 g/mol. The topological polar surface area (TPSA) is 118 Å². The Labute approximate surface area is 82.4 Å². The van der Waals surface area contributed by atoms with Crippen molar-refractivity contribution in [1.29, 1.82) is 0 Å². The Kier molecular flexibility index (Phi) is 2.81. The van der Waals surface area contributed by atoms with Crippen molar-refractivity contribution in [2.24, 2.45) is 5.84 Å². The smallest absolute Gasteiger partial charge is 0.338 e. The second-order valence-electron chi connectivity index (χ2n) is 2.56. The van der Waals surface area contributed by atoms with E-state index in [2.05, 4.69) is 0 Å². The second kappa shape index (κ2) is 3.88. The van der Waals surface area contributed by atoms with Gasteiger partial charge in [-0.2, -0.15) is 0 Å². The predicted molar refractivity (Wildman–Crippen MR) is 47.8 cm³/mol. The Morgan fingerprint density at radius 3 is 2.60 bits per heavy atom. The number of carboxylic acid groups (broad SMARTS) is 1. The predicted octanol–water partition coefficient (Wildman–Crippen LogP) is 0.718. The third-order valence-corrected chi connectivity index (χ3v) is 1.67. The van der Waals surface area contributed by atoms with E-state index in [4.69, 9.17) is 10.9 Å². The van der Waals surface area contributed by atoms with Crippen molar-refractivity contribution in [3.8, 4) is 0 Å². The second-order valence-corrected chi connectivity index (χ2v) is 2.56. The fraction of sp³-hybridized carbons (Fsp3) is 0. The highest BCUT2D eigenvalue weighted by Crippen LogP contribution is 2.26. The molecule has 1 aromatic carbocycles. The van der Waals surface area contributed by atoms with Gasteiger partial charge in [0.25, 0.3) is 5.69 Å². The molecule has 0 spiro atoms. The standard InChI is InChI=1S/C7H6FN3O4/c8-4-2-6(11(14)15)5(10-9)1-3(4)7(12)13/h1-2,10H,9H2,(H,12,13). The number of carbonyl (C=O) groups is 1. The molecule has 7 nitrogen and oxygen atoms in total. The number of nitrogens with two attached hydrogens (primary N) is 1. The molecule has 0 saturated heterocycles. The van der Waals surface area contributed by atoms with Gasteiger partial charge in [0.1, 0.15) is 11.5 Å². The summed E-state index contributed by atoms with van der Waals surface area (Å²) >= 11 is 0. The number of nitro benzene ring substituents is 1. The van der Waals surface area contributed by atoms with Crippen LogP contribution in [-0.2, 0) is 0 Å². The maximum Gasteiger partial charge on any atom is 0.338 e. The lowest BCUT2D eigenvalue weighted by atomic mass is 10.1. The van der Waals surface area contributed by atoms with E-state index >= 15 is 0 Å². The van der Waals surface area contributed by atoms with Gasteiger partial charge >= 0.3 is 5.97 Å². The summed E-state index contributed by atoms with van der Waals surface area (Å²) in [6.45, 7) is 0. The fourth-order valence-electron chi connectivity index (χ4n) is 0.993. The number of benzene rings is 1. The first kappa shape index (κ1) is 10.9. The maximum atomic E-state index is 13.0. The minimum absolute atomic E-state index is 0.265. The lowest BCUT2D eigenvalue weighted by molar-refractivity contribution is -0.384. The van der Waals surface area contributed by atoms with E-state index in [9.17, 15) is 19.3 Å². The molecule has 0 aliphatic heterocycles. The fourth-order valence-corrected chi connectivity index (χ4v) is 0.993. The van der Waals surface area contributed by atoms with E-state index < -0.39 is 28.0 Å². The molecule has 0 aromatic heterocycles. The zero-order valence-corrected chi connectivity index (χ0v) is 7.23. The molecule has 0 aliphatic carbocycles. The molecule has 0 saturated carbocycles. The molecule has 80 valence electrons. The molecule has 1 aromatic rings. The van der Waals surface area contributed by atoms with Crippen molar-refractivity contribution in [3.63, 3.8) is 0 Å². The van der Waals surface area contributed by atoms with Crippen LogP contribution in [0, 0.1) is 15.9 Å². The number of carboxylic acids is 1. The third kappa shape index (κ3) is 1.99. The molecule has 0 atom stereocenters. The first-order chi connectivity index (χ1) is 6.97. The van der Waals surface area contributed by atoms with Gasteiger partial charge < -0.3 is 10.5 Å². The van der Waals surface area contributed by atoms with Crippen molar-refractivity contribution in [3.05, 3.63) is 33.6 Å². The number of halogens is 1.